The Kier molecular flexibility index (Phi) is 12.5. The van der Waals surface area contributed by atoms with Crippen LogP contribution in [0.4, 0.5) is 0 Å². The third kappa shape index (κ3) is 8.72. The van der Waals surface area contributed by atoms with Gasteiger partial charge in [0.1, 0.15) is 0 Å². The van der Waals surface area contributed by atoms with Crippen molar-refractivity contribution in [2.75, 3.05) is 6.61 Å². The van der Waals surface area contributed by atoms with Gasteiger partial charge in [-0.15, -0.1) is 34.0 Å². The smallest absolute Gasteiger partial charge is 0.0717 e. The summed E-state index contributed by atoms with van der Waals surface area (Å²) >= 11 is 5.52. The summed E-state index contributed by atoms with van der Waals surface area (Å²) in [5.41, 5.74) is 5.19. The predicted octanol–water partition coefficient (Wildman–Crippen LogP) is 14.5. The van der Waals surface area contributed by atoms with Gasteiger partial charge in [0.25, 0.3) is 0 Å². The lowest BCUT2D eigenvalue weighted by atomic mass is 9.93. The third-order valence-corrected chi connectivity index (χ3v) is 20.1. The van der Waals surface area contributed by atoms with Gasteiger partial charge in [0.2, 0.25) is 0 Å². The molecule has 0 radical (unpaired) electrons. The molecule has 65 heavy (non-hydrogen) atoms. The normalized spacial score (nSPS) is 11.6. The van der Waals surface area contributed by atoms with Crippen molar-refractivity contribution in [3.63, 3.8) is 0 Å². The van der Waals surface area contributed by atoms with Crippen LogP contribution in [-0.4, -0.2) is 6.61 Å². The minimum atomic E-state index is -0.943. The van der Waals surface area contributed by atoms with Gasteiger partial charge in [-0.2, -0.15) is 0 Å². The standard InChI is InChI=1S/C59H44OP2S3/c1-5-18-46(19-6-1)61(47-20-7-2-8-21-47)52-33-30-43-17-13-14-26-50(43)57(52)58-51-32-29-42(39-44(51)31-34-53(58)62(48-22-9-3-10-23-48)49-24-11-4-12-25-49)41-60-36-35-45-40-56(54-27-15-37-63-54)65-59(45)55-28-16-38-64-55/h1-34,37-40H,35-36,41H2. The van der Waals surface area contributed by atoms with Crippen LogP contribution in [0.15, 0.2) is 229 Å². The quantitative estimate of drug-likeness (QED) is 0.0780. The number of rotatable bonds is 14. The van der Waals surface area contributed by atoms with Crippen molar-refractivity contribution in [3.8, 4) is 30.6 Å². The average Bonchev–Trinajstić information content (AvgIpc) is 4.19. The molecular formula is C59H44OP2S3. The summed E-state index contributed by atoms with van der Waals surface area (Å²) in [5.74, 6) is 0. The van der Waals surface area contributed by atoms with Crippen LogP contribution in [0, 0.1) is 0 Å². The number of fused-ring (bicyclic) bond motifs is 2. The first-order chi connectivity index (χ1) is 32.3. The molecule has 3 aromatic heterocycles. The summed E-state index contributed by atoms with van der Waals surface area (Å²) < 4.78 is 6.56. The van der Waals surface area contributed by atoms with Crippen molar-refractivity contribution in [2.45, 2.75) is 13.0 Å². The van der Waals surface area contributed by atoms with E-state index in [1.807, 2.05) is 22.7 Å². The van der Waals surface area contributed by atoms with Gasteiger partial charge in [-0.05, 0) is 133 Å². The van der Waals surface area contributed by atoms with E-state index in [4.69, 9.17) is 4.74 Å². The fourth-order valence-electron chi connectivity index (χ4n) is 8.92. The summed E-state index contributed by atoms with van der Waals surface area (Å²) in [6.45, 7) is 1.21. The molecule has 0 spiro atoms. The predicted molar refractivity (Wildman–Crippen MR) is 289 cm³/mol. The number of ether oxygens (including phenoxy) is 1. The molecule has 0 N–H and O–H groups in total. The second kappa shape index (κ2) is 19.4. The summed E-state index contributed by atoms with van der Waals surface area (Å²) in [6, 6.07) is 81.4. The molecule has 0 saturated heterocycles. The Labute approximate surface area is 395 Å². The molecule has 11 aromatic rings. The van der Waals surface area contributed by atoms with Crippen LogP contribution in [0.1, 0.15) is 11.1 Å². The SMILES string of the molecule is c1ccc(P(c2ccccc2)c2ccc3ccccc3c2-c2c(P(c3ccccc3)c3ccccc3)ccc3cc(COCCc4cc(-c5cccs5)sc4-c4cccs4)ccc23)cc1. The van der Waals surface area contributed by atoms with E-state index in [0.29, 0.717) is 13.2 Å². The van der Waals surface area contributed by atoms with Crippen LogP contribution >= 0.6 is 49.9 Å². The van der Waals surface area contributed by atoms with Gasteiger partial charge in [-0.1, -0.05) is 194 Å². The molecule has 6 heteroatoms. The van der Waals surface area contributed by atoms with Crippen molar-refractivity contribution >= 4 is 103 Å². The molecule has 314 valence electrons. The van der Waals surface area contributed by atoms with E-state index in [9.17, 15) is 0 Å². The van der Waals surface area contributed by atoms with Crippen LogP contribution in [0.2, 0.25) is 0 Å². The first-order valence-electron chi connectivity index (χ1n) is 21.9. The molecule has 0 aliphatic rings. The van der Waals surface area contributed by atoms with Crippen molar-refractivity contribution in [1.82, 2.24) is 0 Å². The summed E-state index contributed by atoms with van der Waals surface area (Å²) in [5, 5.41) is 17.4. The van der Waals surface area contributed by atoms with E-state index in [1.54, 1.807) is 11.3 Å². The molecule has 8 aromatic carbocycles. The van der Waals surface area contributed by atoms with Crippen LogP contribution in [0.5, 0.6) is 0 Å². The Morgan fingerprint density at radius 3 is 1.46 bits per heavy atom. The summed E-state index contributed by atoms with van der Waals surface area (Å²) in [6.07, 6.45) is 0.869. The van der Waals surface area contributed by atoms with Crippen molar-refractivity contribution in [2.24, 2.45) is 0 Å². The van der Waals surface area contributed by atoms with Gasteiger partial charge < -0.3 is 4.74 Å². The first kappa shape index (κ1) is 41.9. The molecule has 0 unspecified atom stereocenters. The highest BCUT2D eigenvalue weighted by Crippen LogP contribution is 2.46. The molecule has 0 saturated carbocycles. The van der Waals surface area contributed by atoms with Gasteiger partial charge in [0.15, 0.2) is 0 Å². The maximum atomic E-state index is 6.56. The lowest BCUT2D eigenvalue weighted by Crippen LogP contribution is -2.26. The maximum Gasteiger partial charge on any atom is 0.0717 e. The highest BCUT2D eigenvalue weighted by atomic mass is 32.1. The number of hydrogen-bond acceptors (Lipinski definition) is 4. The fourth-order valence-corrected chi connectivity index (χ4v) is 16.8. The Hall–Kier alpha value is -5.80. The second-order valence-corrected chi connectivity index (χ2v) is 23.2. The van der Waals surface area contributed by atoms with Crippen LogP contribution < -0.4 is 31.8 Å². The number of benzene rings is 8. The Bertz CT molecular complexity index is 3230. The van der Waals surface area contributed by atoms with E-state index in [2.05, 4.69) is 229 Å². The van der Waals surface area contributed by atoms with Gasteiger partial charge >= 0.3 is 0 Å². The highest BCUT2D eigenvalue weighted by Gasteiger charge is 2.28. The minimum absolute atomic E-state index is 0.552. The van der Waals surface area contributed by atoms with Crippen LogP contribution in [-0.2, 0) is 17.8 Å². The molecule has 0 fully saturated rings. The maximum absolute atomic E-state index is 6.56. The number of hydrogen-bond donors (Lipinski definition) is 0. The largest absolute Gasteiger partial charge is 0.376 e. The Balaban J connectivity index is 1.05. The zero-order chi connectivity index (χ0) is 43.4. The number of thiophene rings is 3. The molecule has 0 aliphatic heterocycles. The molecule has 0 bridgehead atoms. The molecule has 1 nitrogen and oxygen atoms in total. The van der Waals surface area contributed by atoms with Crippen molar-refractivity contribution in [3.05, 3.63) is 240 Å². The molecular weight excluding hydrogens is 883 g/mol. The zero-order valence-electron chi connectivity index (χ0n) is 35.6. The van der Waals surface area contributed by atoms with E-state index in [0.717, 1.165) is 6.42 Å². The Morgan fingerprint density at radius 2 is 0.908 bits per heavy atom. The first-order valence-corrected chi connectivity index (χ1v) is 27.2. The van der Waals surface area contributed by atoms with E-state index in [-0.39, 0.29) is 0 Å². The van der Waals surface area contributed by atoms with Gasteiger partial charge in [-0.25, -0.2) is 0 Å². The van der Waals surface area contributed by atoms with E-state index >= 15 is 0 Å². The van der Waals surface area contributed by atoms with Gasteiger partial charge in [0, 0.05) is 19.5 Å². The molecule has 0 aliphatic carbocycles. The Morgan fingerprint density at radius 1 is 0.400 bits per heavy atom. The summed E-state index contributed by atoms with van der Waals surface area (Å²) in [7, 11) is -1.87. The monoisotopic (exact) mass is 926 g/mol. The minimum Gasteiger partial charge on any atom is -0.376 e. The van der Waals surface area contributed by atoms with Gasteiger partial charge in [0.05, 0.1) is 13.2 Å². The fraction of sp³-hybridized carbons (Fsp3) is 0.0508. The second-order valence-electron chi connectivity index (χ2n) is 15.9. The summed E-state index contributed by atoms with van der Waals surface area (Å²) in [4.78, 5) is 5.35. The zero-order valence-corrected chi connectivity index (χ0v) is 39.8. The molecule has 3 heterocycles. The average molecular weight is 927 g/mol. The van der Waals surface area contributed by atoms with Crippen molar-refractivity contribution in [1.29, 1.82) is 0 Å². The lowest BCUT2D eigenvalue weighted by molar-refractivity contribution is 0.124. The molecule has 11 rings (SSSR count). The van der Waals surface area contributed by atoms with Crippen LogP contribution in [0.25, 0.3) is 52.2 Å². The van der Waals surface area contributed by atoms with Crippen LogP contribution in [0.3, 0.4) is 0 Å². The van der Waals surface area contributed by atoms with E-state index in [1.165, 1.54) is 95.1 Å². The van der Waals surface area contributed by atoms with Crippen molar-refractivity contribution < 1.29 is 4.74 Å². The third-order valence-electron chi connectivity index (χ3n) is 11.9. The molecule has 0 amide bonds. The lowest BCUT2D eigenvalue weighted by Gasteiger charge is -2.28. The topological polar surface area (TPSA) is 9.23 Å². The van der Waals surface area contributed by atoms with Gasteiger partial charge in [-0.3, -0.25) is 0 Å². The van der Waals surface area contributed by atoms with E-state index < -0.39 is 15.8 Å². The molecule has 0 atom stereocenters. The highest BCUT2D eigenvalue weighted by molar-refractivity contribution is 7.80.